The maximum atomic E-state index is 10.6. The van der Waals surface area contributed by atoms with Crippen molar-refractivity contribution < 1.29 is 74.0 Å². The van der Waals surface area contributed by atoms with Gasteiger partial charge in [0.05, 0.1) is 13.2 Å². The summed E-state index contributed by atoms with van der Waals surface area (Å²) >= 11 is 0. The Morgan fingerprint density at radius 3 is 1.52 bits per heavy atom. The van der Waals surface area contributed by atoms with Crippen LogP contribution < -0.4 is 0 Å². The van der Waals surface area contributed by atoms with Crippen LogP contribution in [0.4, 0.5) is 39.5 Å². The number of hydrogen-bond donors (Lipinski definition) is 3. The Labute approximate surface area is 220 Å². The van der Waals surface area contributed by atoms with Crippen molar-refractivity contribution in [2.75, 3.05) is 39.9 Å². The number of piperidine rings is 1. The van der Waals surface area contributed by atoms with Gasteiger partial charge in [0.2, 0.25) is 0 Å². The van der Waals surface area contributed by atoms with Gasteiger partial charge in [-0.25, -0.2) is 14.4 Å². The van der Waals surface area contributed by atoms with Gasteiger partial charge in [-0.05, 0) is 37.6 Å². The van der Waals surface area contributed by atoms with Gasteiger partial charge in [-0.1, -0.05) is 0 Å². The third-order valence-corrected chi connectivity index (χ3v) is 5.42. The second-order valence-electron chi connectivity index (χ2n) is 8.24. The number of pyridine rings is 1. The molecule has 0 unspecified atom stereocenters. The van der Waals surface area contributed by atoms with E-state index in [-0.39, 0.29) is 0 Å². The van der Waals surface area contributed by atoms with Crippen molar-refractivity contribution in [3.05, 3.63) is 30.1 Å². The van der Waals surface area contributed by atoms with Gasteiger partial charge >= 0.3 is 36.4 Å². The van der Waals surface area contributed by atoms with E-state index in [1.807, 2.05) is 12.4 Å². The molecule has 230 valence electrons. The van der Waals surface area contributed by atoms with Gasteiger partial charge in [0, 0.05) is 44.1 Å². The lowest BCUT2D eigenvalue weighted by molar-refractivity contribution is -0.193. The average molecular weight is 603 g/mol. The number of likely N-dealkylation sites (tertiary alicyclic amines) is 1. The number of nitrogens with zero attached hydrogens (tertiary/aromatic N) is 3. The molecule has 1 aromatic rings. The van der Waals surface area contributed by atoms with E-state index in [0.29, 0.717) is 5.54 Å². The van der Waals surface area contributed by atoms with E-state index in [1.165, 1.54) is 18.4 Å². The van der Waals surface area contributed by atoms with E-state index in [2.05, 4.69) is 34.0 Å². The van der Waals surface area contributed by atoms with Crippen LogP contribution in [0.2, 0.25) is 0 Å². The molecule has 3 heterocycles. The highest BCUT2D eigenvalue weighted by Gasteiger charge is 2.41. The molecular formula is C21H26F9N3O7. The van der Waals surface area contributed by atoms with Crippen LogP contribution in [0.3, 0.4) is 0 Å². The van der Waals surface area contributed by atoms with Crippen molar-refractivity contribution in [1.29, 1.82) is 0 Å². The molecule has 2 saturated heterocycles. The number of carbonyl (C=O) groups is 3. The maximum Gasteiger partial charge on any atom is 0.490 e. The van der Waals surface area contributed by atoms with Gasteiger partial charge in [0.15, 0.2) is 0 Å². The predicted molar refractivity (Wildman–Crippen MR) is 116 cm³/mol. The van der Waals surface area contributed by atoms with Crippen LogP contribution >= 0.6 is 0 Å². The molecule has 0 aliphatic carbocycles. The highest BCUT2D eigenvalue weighted by Crippen LogP contribution is 2.31. The highest BCUT2D eigenvalue weighted by atomic mass is 19.4. The average Bonchev–Trinajstić information content (AvgIpc) is 2.82. The number of aliphatic carboxylic acids is 3. The van der Waals surface area contributed by atoms with Crippen LogP contribution in [-0.2, 0) is 25.7 Å². The van der Waals surface area contributed by atoms with Gasteiger partial charge < -0.3 is 20.1 Å². The lowest BCUT2D eigenvalue weighted by Gasteiger charge is -2.49. The summed E-state index contributed by atoms with van der Waals surface area (Å²) in [4.78, 5) is 35.8. The molecule has 1 spiro atoms. The van der Waals surface area contributed by atoms with Gasteiger partial charge in [0.25, 0.3) is 0 Å². The molecule has 0 atom stereocenters. The maximum absolute atomic E-state index is 10.6. The monoisotopic (exact) mass is 603 g/mol. The SMILES string of the molecule is CN1CCOCC12CCN(Cc1ccncc1)CC2.O=C(O)C(F)(F)F.O=C(O)C(F)(F)F.O=C(O)C(F)(F)F. The quantitative estimate of drug-likeness (QED) is 0.432. The first-order valence-electron chi connectivity index (χ1n) is 10.9. The first-order valence-corrected chi connectivity index (χ1v) is 10.9. The Morgan fingerprint density at radius 1 is 0.825 bits per heavy atom. The van der Waals surface area contributed by atoms with Crippen LogP contribution in [0.1, 0.15) is 18.4 Å². The summed E-state index contributed by atoms with van der Waals surface area (Å²) in [5.41, 5.74) is 1.66. The molecule has 19 heteroatoms. The summed E-state index contributed by atoms with van der Waals surface area (Å²) in [6.45, 7) is 6.24. The van der Waals surface area contributed by atoms with Crippen LogP contribution in [0, 0.1) is 0 Å². The van der Waals surface area contributed by atoms with Crippen molar-refractivity contribution >= 4 is 17.9 Å². The summed E-state index contributed by atoms with van der Waals surface area (Å²) in [5.74, 6) is -8.27. The number of rotatable bonds is 2. The molecule has 0 saturated carbocycles. The Morgan fingerprint density at radius 2 is 1.20 bits per heavy atom. The number of carboxylic acids is 3. The molecule has 0 bridgehead atoms. The smallest absolute Gasteiger partial charge is 0.475 e. The number of carboxylic acid groups (broad SMARTS) is 3. The Kier molecular flexibility index (Phi) is 14.3. The fourth-order valence-electron chi connectivity index (χ4n) is 3.21. The molecule has 0 amide bonds. The second-order valence-corrected chi connectivity index (χ2v) is 8.24. The molecule has 3 rings (SSSR count). The van der Waals surface area contributed by atoms with Crippen LogP contribution in [0.25, 0.3) is 0 Å². The number of ether oxygens (including phenoxy) is 1. The second kappa shape index (κ2) is 15.6. The first-order chi connectivity index (χ1) is 18.1. The molecule has 3 N–H and O–H groups in total. The normalized spacial score (nSPS) is 17.6. The first kappa shape index (κ1) is 36.8. The number of likely N-dealkylation sites (N-methyl/N-ethyl adjacent to an activating group) is 1. The molecule has 40 heavy (non-hydrogen) atoms. The minimum absolute atomic E-state index is 0.299. The summed E-state index contributed by atoms with van der Waals surface area (Å²) < 4.78 is 101. The lowest BCUT2D eigenvalue weighted by Crippen LogP contribution is -2.59. The highest BCUT2D eigenvalue weighted by molar-refractivity contribution is 5.73. The standard InChI is InChI=1S/C15H23N3O.3C2HF3O2/c1-17-10-11-19-13-15(17)4-8-18(9-5-15)12-14-2-6-16-7-3-14;3*3-2(4,5)1(6)7/h2-3,6-7H,4-5,8-13H2,1H3;3*(H,6,7). The van der Waals surface area contributed by atoms with E-state index in [4.69, 9.17) is 34.4 Å². The summed E-state index contributed by atoms with van der Waals surface area (Å²) in [5, 5.41) is 21.4. The summed E-state index contributed by atoms with van der Waals surface area (Å²) in [6.07, 6.45) is -9.06. The van der Waals surface area contributed by atoms with Crippen LogP contribution in [0.5, 0.6) is 0 Å². The number of morpholine rings is 1. The fourth-order valence-corrected chi connectivity index (χ4v) is 3.21. The van der Waals surface area contributed by atoms with Crippen molar-refractivity contribution in [1.82, 2.24) is 14.8 Å². The molecule has 0 radical (unpaired) electrons. The molecule has 2 aliphatic heterocycles. The van der Waals surface area contributed by atoms with Crippen LogP contribution in [0.15, 0.2) is 24.5 Å². The Hall–Kier alpha value is -3.19. The summed E-state index contributed by atoms with van der Waals surface area (Å²) in [6, 6.07) is 4.22. The van der Waals surface area contributed by atoms with Gasteiger partial charge in [-0.2, -0.15) is 39.5 Å². The molecule has 1 aromatic heterocycles. The third-order valence-electron chi connectivity index (χ3n) is 5.42. The number of hydrogen-bond acceptors (Lipinski definition) is 7. The Bertz CT molecular complexity index is 877. The van der Waals surface area contributed by atoms with Crippen molar-refractivity contribution in [3.8, 4) is 0 Å². The zero-order valence-electron chi connectivity index (χ0n) is 20.7. The van der Waals surface area contributed by atoms with Crippen LogP contribution in [-0.4, -0.2) is 112 Å². The van der Waals surface area contributed by atoms with Crippen molar-refractivity contribution in [2.24, 2.45) is 0 Å². The number of alkyl halides is 9. The zero-order chi connectivity index (χ0) is 31.4. The lowest BCUT2D eigenvalue weighted by atomic mass is 9.85. The van der Waals surface area contributed by atoms with E-state index in [9.17, 15) is 39.5 Å². The zero-order valence-corrected chi connectivity index (χ0v) is 20.7. The van der Waals surface area contributed by atoms with Gasteiger partial charge in [-0.15, -0.1) is 0 Å². The third kappa shape index (κ3) is 14.3. The largest absolute Gasteiger partial charge is 0.490 e. The molecule has 2 aliphatic rings. The Balaban J connectivity index is 0.000000603. The minimum atomic E-state index is -5.08. The van der Waals surface area contributed by atoms with Crippen molar-refractivity contribution in [2.45, 2.75) is 43.5 Å². The fraction of sp³-hybridized carbons (Fsp3) is 0.619. The topological polar surface area (TPSA) is 140 Å². The molecule has 10 nitrogen and oxygen atoms in total. The van der Waals surface area contributed by atoms with E-state index < -0.39 is 36.4 Å². The summed E-state index contributed by atoms with van der Waals surface area (Å²) in [7, 11) is 2.25. The molecule has 0 aromatic carbocycles. The molecular weight excluding hydrogens is 577 g/mol. The van der Waals surface area contributed by atoms with Gasteiger partial charge in [-0.3, -0.25) is 14.8 Å². The van der Waals surface area contributed by atoms with E-state index in [0.717, 1.165) is 39.4 Å². The number of aromatic nitrogens is 1. The van der Waals surface area contributed by atoms with E-state index in [1.54, 1.807) is 0 Å². The predicted octanol–water partition coefficient (Wildman–Crippen LogP) is 3.28. The van der Waals surface area contributed by atoms with Gasteiger partial charge in [0.1, 0.15) is 0 Å². The minimum Gasteiger partial charge on any atom is -0.475 e. The number of halogens is 9. The van der Waals surface area contributed by atoms with E-state index >= 15 is 0 Å². The molecule has 2 fully saturated rings. The van der Waals surface area contributed by atoms with Crippen molar-refractivity contribution in [3.63, 3.8) is 0 Å².